The van der Waals surface area contributed by atoms with Gasteiger partial charge in [0.1, 0.15) is 5.82 Å². The molecule has 4 heteroatoms. The smallest absolute Gasteiger partial charge is 0.257 e. The molecule has 0 spiro atoms. The van der Waals surface area contributed by atoms with Crippen molar-refractivity contribution in [1.29, 1.82) is 0 Å². The van der Waals surface area contributed by atoms with Crippen LogP contribution < -0.4 is 11.1 Å². The van der Waals surface area contributed by atoms with E-state index in [1.54, 1.807) is 12.1 Å². The number of nitrogens with two attached hydrogens (primary N) is 1. The number of aromatic nitrogens is 1. The van der Waals surface area contributed by atoms with Crippen LogP contribution in [0.5, 0.6) is 0 Å². The lowest BCUT2D eigenvalue weighted by molar-refractivity contribution is 0.102. The molecule has 0 aliphatic rings. The molecular formula is C15H17N3O. The van der Waals surface area contributed by atoms with Gasteiger partial charge in [-0.2, -0.15) is 0 Å². The maximum atomic E-state index is 12.0. The van der Waals surface area contributed by atoms with E-state index in [1.165, 1.54) is 11.8 Å². The SMILES string of the molecule is CC(C)c1ccc(NC(=O)c2ccc(N)nc2)cc1. The molecule has 2 aromatic rings. The van der Waals surface area contributed by atoms with Crippen LogP contribution in [0.2, 0.25) is 0 Å². The summed E-state index contributed by atoms with van der Waals surface area (Å²) in [6.07, 6.45) is 1.47. The van der Waals surface area contributed by atoms with Crippen molar-refractivity contribution in [2.75, 3.05) is 11.1 Å². The van der Waals surface area contributed by atoms with Gasteiger partial charge in [0.2, 0.25) is 0 Å². The van der Waals surface area contributed by atoms with E-state index in [2.05, 4.69) is 24.1 Å². The second kappa shape index (κ2) is 5.52. The Balaban J connectivity index is 2.08. The second-order valence-corrected chi connectivity index (χ2v) is 4.70. The number of nitrogens with one attached hydrogen (secondary N) is 1. The minimum atomic E-state index is -0.190. The van der Waals surface area contributed by atoms with E-state index in [9.17, 15) is 4.79 Å². The largest absolute Gasteiger partial charge is 0.384 e. The maximum Gasteiger partial charge on any atom is 0.257 e. The minimum Gasteiger partial charge on any atom is -0.384 e. The Labute approximate surface area is 112 Å². The summed E-state index contributed by atoms with van der Waals surface area (Å²) in [6, 6.07) is 11.1. The minimum absolute atomic E-state index is 0.190. The molecule has 2 rings (SSSR count). The second-order valence-electron chi connectivity index (χ2n) is 4.70. The molecule has 4 nitrogen and oxygen atoms in total. The lowest BCUT2D eigenvalue weighted by Gasteiger charge is -2.08. The molecule has 0 fully saturated rings. The van der Waals surface area contributed by atoms with Gasteiger partial charge in [0, 0.05) is 11.9 Å². The van der Waals surface area contributed by atoms with Crippen LogP contribution in [-0.4, -0.2) is 10.9 Å². The summed E-state index contributed by atoms with van der Waals surface area (Å²) in [6.45, 7) is 4.27. The fraction of sp³-hybridized carbons (Fsp3) is 0.200. The molecule has 0 saturated carbocycles. The number of anilines is 2. The summed E-state index contributed by atoms with van der Waals surface area (Å²) in [5.41, 5.74) is 7.98. The van der Waals surface area contributed by atoms with Crippen LogP contribution in [0.4, 0.5) is 11.5 Å². The van der Waals surface area contributed by atoms with Crippen molar-refractivity contribution in [2.45, 2.75) is 19.8 Å². The molecular weight excluding hydrogens is 238 g/mol. The third kappa shape index (κ3) is 3.31. The van der Waals surface area contributed by atoms with Crippen molar-refractivity contribution in [2.24, 2.45) is 0 Å². The van der Waals surface area contributed by atoms with Gasteiger partial charge in [-0.1, -0.05) is 26.0 Å². The van der Waals surface area contributed by atoms with Crippen LogP contribution in [0.15, 0.2) is 42.6 Å². The predicted molar refractivity (Wildman–Crippen MR) is 77.1 cm³/mol. The third-order valence-corrected chi connectivity index (χ3v) is 2.88. The van der Waals surface area contributed by atoms with Gasteiger partial charge in [0.05, 0.1) is 5.56 Å². The molecule has 1 aromatic carbocycles. The Morgan fingerprint density at radius 3 is 2.37 bits per heavy atom. The quantitative estimate of drug-likeness (QED) is 0.885. The summed E-state index contributed by atoms with van der Waals surface area (Å²) < 4.78 is 0. The third-order valence-electron chi connectivity index (χ3n) is 2.88. The van der Waals surface area contributed by atoms with Gasteiger partial charge >= 0.3 is 0 Å². The van der Waals surface area contributed by atoms with Crippen molar-refractivity contribution in [3.05, 3.63) is 53.7 Å². The van der Waals surface area contributed by atoms with E-state index < -0.39 is 0 Å². The number of benzene rings is 1. The Kier molecular flexibility index (Phi) is 3.80. The van der Waals surface area contributed by atoms with E-state index in [4.69, 9.17) is 5.73 Å². The summed E-state index contributed by atoms with van der Waals surface area (Å²) >= 11 is 0. The molecule has 1 heterocycles. The van der Waals surface area contributed by atoms with E-state index in [-0.39, 0.29) is 5.91 Å². The highest BCUT2D eigenvalue weighted by Gasteiger charge is 2.06. The molecule has 1 amide bonds. The van der Waals surface area contributed by atoms with Crippen molar-refractivity contribution in [3.63, 3.8) is 0 Å². The molecule has 0 aliphatic heterocycles. The fourth-order valence-electron chi connectivity index (χ4n) is 1.69. The van der Waals surface area contributed by atoms with Crippen LogP contribution in [-0.2, 0) is 0 Å². The summed E-state index contributed by atoms with van der Waals surface area (Å²) in [5, 5.41) is 2.82. The van der Waals surface area contributed by atoms with E-state index in [0.29, 0.717) is 17.3 Å². The standard InChI is InChI=1S/C15H17N3O/c1-10(2)11-3-6-13(7-4-11)18-15(19)12-5-8-14(16)17-9-12/h3-10H,1-2H3,(H2,16,17)(H,18,19). The number of pyridine rings is 1. The Bertz CT molecular complexity index is 559. The van der Waals surface area contributed by atoms with Crippen molar-refractivity contribution >= 4 is 17.4 Å². The van der Waals surface area contributed by atoms with E-state index in [0.717, 1.165) is 5.69 Å². The molecule has 0 saturated heterocycles. The average molecular weight is 255 g/mol. The van der Waals surface area contributed by atoms with Gasteiger partial charge in [-0.3, -0.25) is 4.79 Å². The summed E-state index contributed by atoms with van der Waals surface area (Å²) in [5.74, 6) is 0.689. The van der Waals surface area contributed by atoms with Gasteiger partial charge in [-0.15, -0.1) is 0 Å². The average Bonchev–Trinajstić information content (AvgIpc) is 2.40. The molecule has 0 atom stereocenters. The van der Waals surface area contributed by atoms with Crippen LogP contribution in [0.1, 0.15) is 35.7 Å². The zero-order valence-electron chi connectivity index (χ0n) is 11.1. The van der Waals surface area contributed by atoms with E-state index in [1.807, 2.05) is 24.3 Å². The zero-order chi connectivity index (χ0) is 13.8. The first-order chi connectivity index (χ1) is 9.06. The molecule has 19 heavy (non-hydrogen) atoms. The number of carbonyl (C=O) groups excluding carboxylic acids is 1. The Morgan fingerprint density at radius 1 is 1.16 bits per heavy atom. The molecule has 0 unspecified atom stereocenters. The van der Waals surface area contributed by atoms with Crippen molar-refractivity contribution < 1.29 is 4.79 Å². The first kappa shape index (κ1) is 13.1. The van der Waals surface area contributed by atoms with Crippen molar-refractivity contribution in [1.82, 2.24) is 4.98 Å². The number of nitrogen functional groups attached to an aromatic ring is 1. The maximum absolute atomic E-state index is 12.0. The number of carbonyl (C=O) groups is 1. The lowest BCUT2D eigenvalue weighted by Crippen LogP contribution is -2.12. The predicted octanol–water partition coefficient (Wildman–Crippen LogP) is 3.04. The molecule has 3 N–H and O–H groups in total. The van der Waals surface area contributed by atoms with Gasteiger partial charge < -0.3 is 11.1 Å². The monoisotopic (exact) mass is 255 g/mol. The number of hydrogen-bond acceptors (Lipinski definition) is 3. The van der Waals surface area contributed by atoms with Crippen LogP contribution in [0.25, 0.3) is 0 Å². The number of nitrogens with zero attached hydrogens (tertiary/aromatic N) is 1. The molecule has 1 aromatic heterocycles. The normalized spacial score (nSPS) is 10.5. The molecule has 0 bridgehead atoms. The van der Waals surface area contributed by atoms with Gasteiger partial charge in [-0.05, 0) is 35.7 Å². The molecule has 98 valence electrons. The van der Waals surface area contributed by atoms with Gasteiger partial charge in [0.25, 0.3) is 5.91 Å². The van der Waals surface area contributed by atoms with Gasteiger partial charge in [-0.25, -0.2) is 4.98 Å². The Hall–Kier alpha value is -2.36. The van der Waals surface area contributed by atoms with Crippen LogP contribution in [0, 0.1) is 0 Å². The van der Waals surface area contributed by atoms with Crippen LogP contribution >= 0.6 is 0 Å². The van der Waals surface area contributed by atoms with Gasteiger partial charge in [0.15, 0.2) is 0 Å². The highest BCUT2D eigenvalue weighted by atomic mass is 16.1. The highest BCUT2D eigenvalue weighted by Crippen LogP contribution is 2.17. The van der Waals surface area contributed by atoms with E-state index >= 15 is 0 Å². The molecule has 0 aliphatic carbocycles. The number of hydrogen-bond donors (Lipinski definition) is 2. The Morgan fingerprint density at radius 2 is 1.84 bits per heavy atom. The van der Waals surface area contributed by atoms with Crippen LogP contribution in [0.3, 0.4) is 0 Å². The zero-order valence-corrected chi connectivity index (χ0v) is 11.1. The number of amides is 1. The lowest BCUT2D eigenvalue weighted by atomic mass is 10.0. The number of rotatable bonds is 3. The summed E-state index contributed by atoms with van der Waals surface area (Å²) in [7, 11) is 0. The topological polar surface area (TPSA) is 68.0 Å². The highest BCUT2D eigenvalue weighted by molar-refractivity contribution is 6.04. The first-order valence-electron chi connectivity index (χ1n) is 6.19. The summed E-state index contributed by atoms with van der Waals surface area (Å²) in [4.78, 5) is 15.8. The molecule has 0 radical (unpaired) electrons. The fourth-order valence-corrected chi connectivity index (χ4v) is 1.69. The first-order valence-corrected chi connectivity index (χ1v) is 6.19. The van der Waals surface area contributed by atoms with Crippen molar-refractivity contribution in [3.8, 4) is 0 Å².